The fourth-order valence-electron chi connectivity index (χ4n) is 4.04. The van der Waals surface area contributed by atoms with Gasteiger partial charge in [-0.05, 0) is 64.2 Å². The summed E-state index contributed by atoms with van der Waals surface area (Å²) in [4.78, 5) is 26.9. The van der Waals surface area contributed by atoms with E-state index in [1.807, 2.05) is 56.7 Å². The molecular weight excluding hydrogens is 484 g/mol. The van der Waals surface area contributed by atoms with Crippen molar-refractivity contribution in [2.45, 2.75) is 57.7 Å². The molecule has 0 aliphatic heterocycles. The van der Waals surface area contributed by atoms with E-state index in [1.54, 1.807) is 0 Å². The highest BCUT2D eigenvalue weighted by atomic mass is 32.2. The molecule has 0 atom stereocenters. The molecule has 35 heavy (non-hydrogen) atoms. The van der Waals surface area contributed by atoms with Crippen molar-refractivity contribution < 1.29 is 19.1 Å². The van der Waals surface area contributed by atoms with Gasteiger partial charge in [-0.2, -0.15) is 0 Å². The second-order valence-electron chi connectivity index (χ2n) is 8.50. The fourth-order valence-corrected chi connectivity index (χ4v) is 6.05. The van der Waals surface area contributed by atoms with Crippen molar-refractivity contribution in [1.82, 2.24) is 14.8 Å². The second kappa shape index (κ2) is 11.3. The molecule has 0 unspecified atom stereocenters. The third kappa shape index (κ3) is 5.70. The Bertz CT molecular complexity index is 1220. The first-order valence-electron chi connectivity index (χ1n) is 11.8. The second-order valence-corrected chi connectivity index (χ2v) is 10.5. The van der Waals surface area contributed by atoms with Crippen LogP contribution >= 0.6 is 23.1 Å². The molecule has 1 N–H and O–H groups in total. The van der Waals surface area contributed by atoms with Gasteiger partial charge in [0.15, 0.2) is 11.0 Å². The van der Waals surface area contributed by atoms with Gasteiger partial charge in [0, 0.05) is 11.9 Å². The van der Waals surface area contributed by atoms with Crippen molar-refractivity contribution >= 4 is 40.0 Å². The molecule has 0 bridgehead atoms. The topological polar surface area (TPSA) is 95.3 Å². The molecule has 1 aliphatic carbocycles. The van der Waals surface area contributed by atoms with Crippen molar-refractivity contribution in [1.29, 1.82) is 0 Å². The zero-order chi connectivity index (χ0) is 24.9. The van der Waals surface area contributed by atoms with Gasteiger partial charge < -0.3 is 19.4 Å². The van der Waals surface area contributed by atoms with Gasteiger partial charge in [0.1, 0.15) is 10.8 Å². The Kier molecular flexibility index (Phi) is 8.12. The Hall–Kier alpha value is -2.85. The van der Waals surface area contributed by atoms with Crippen LogP contribution in [0.3, 0.4) is 0 Å². The normalized spacial score (nSPS) is 12.9. The number of anilines is 1. The highest BCUT2D eigenvalue weighted by molar-refractivity contribution is 7.99. The number of ether oxygens (including phenoxy) is 2. The number of carbonyl (C=O) groups excluding carboxylic acids is 2. The average Bonchev–Trinajstić information content (AvgIpc) is 3.37. The molecule has 0 saturated heterocycles. The van der Waals surface area contributed by atoms with Gasteiger partial charge in [0.2, 0.25) is 5.91 Å². The van der Waals surface area contributed by atoms with Crippen LogP contribution in [-0.4, -0.2) is 45.1 Å². The maximum atomic E-state index is 12.9. The molecule has 2 heterocycles. The van der Waals surface area contributed by atoms with Crippen molar-refractivity contribution in [3.8, 4) is 17.1 Å². The smallest absolute Gasteiger partial charge is 0.341 e. The number of rotatable bonds is 9. The molecule has 0 saturated carbocycles. The van der Waals surface area contributed by atoms with Crippen molar-refractivity contribution in [2.24, 2.45) is 7.05 Å². The monoisotopic (exact) mass is 514 g/mol. The first-order valence-corrected chi connectivity index (χ1v) is 13.6. The summed E-state index contributed by atoms with van der Waals surface area (Å²) in [5.41, 5.74) is 2.39. The Balaban J connectivity index is 1.47. The van der Waals surface area contributed by atoms with E-state index in [9.17, 15) is 9.59 Å². The zero-order valence-electron chi connectivity index (χ0n) is 20.4. The lowest BCUT2D eigenvalue weighted by Crippen LogP contribution is -2.19. The molecule has 3 aromatic rings. The number of para-hydroxylation sites is 1. The first-order chi connectivity index (χ1) is 16.9. The number of benzene rings is 1. The summed E-state index contributed by atoms with van der Waals surface area (Å²) < 4.78 is 13.1. The van der Waals surface area contributed by atoms with Crippen LogP contribution in [0.1, 0.15) is 54.4 Å². The number of hydrogen-bond donors (Lipinski definition) is 1. The van der Waals surface area contributed by atoms with E-state index >= 15 is 0 Å². The molecule has 8 nitrogen and oxygen atoms in total. The summed E-state index contributed by atoms with van der Waals surface area (Å²) >= 11 is 2.78. The Morgan fingerprint density at radius 3 is 2.74 bits per heavy atom. The lowest BCUT2D eigenvalue weighted by Gasteiger charge is -2.14. The third-order valence-corrected chi connectivity index (χ3v) is 7.79. The molecule has 0 radical (unpaired) electrons. The quantitative estimate of drug-likeness (QED) is 0.313. The van der Waals surface area contributed by atoms with Crippen LogP contribution < -0.4 is 10.1 Å². The number of carbonyl (C=O) groups is 2. The van der Waals surface area contributed by atoms with Crippen LogP contribution in [0.2, 0.25) is 0 Å². The van der Waals surface area contributed by atoms with Gasteiger partial charge in [0.25, 0.3) is 0 Å². The Labute approximate surface area is 213 Å². The predicted molar refractivity (Wildman–Crippen MR) is 138 cm³/mol. The highest BCUT2D eigenvalue weighted by Gasteiger charge is 2.28. The van der Waals surface area contributed by atoms with Crippen LogP contribution in [0.15, 0.2) is 29.4 Å². The maximum Gasteiger partial charge on any atom is 0.341 e. The van der Waals surface area contributed by atoms with Crippen LogP contribution in [0.4, 0.5) is 5.00 Å². The van der Waals surface area contributed by atoms with Crippen LogP contribution in [0.25, 0.3) is 11.4 Å². The number of thioether (sulfide) groups is 1. The highest BCUT2D eigenvalue weighted by Crippen LogP contribution is 2.39. The lowest BCUT2D eigenvalue weighted by atomic mass is 9.95. The van der Waals surface area contributed by atoms with E-state index in [0.717, 1.165) is 42.6 Å². The SMILES string of the molecule is CCOc1ccccc1-c1nnc(SCC(=O)Nc2sc3c(c2C(=O)OC(C)C)CCCC3)n1C. The van der Waals surface area contributed by atoms with Crippen LogP contribution in [0.5, 0.6) is 5.75 Å². The van der Waals surface area contributed by atoms with E-state index in [4.69, 9.17) is 9.47 Å². The largest absolute Gasteiger partial charge is 0.493 e. The fraction of sp³-hybridized carbons (Fsp3) is 0.440. The summed E-state index contributed by atoms with van der Waals surface area (Å²) in [6, 6.07) is 7.68. The van der Waals surface area contributed by atoms with Gasteiger partial charge in [-0.25, -0.2) is 4.79 Å². The summed E-state index contributed by atoms with van der Waals surface area (Å²) in [5, 5.41) is 12.7. The first kappa shape index (κ1) is 25.2. The van der Waals surface area contributed by atoms with Gasteiger partial charge in [-0.3, -0.25) is 4.79 Å². The molecule has 4 rings (SSSR count). The Morgan fingerprint density at radius 2 is 1.97 bits per heavy atom. The van der Waals surface area contributed by atoms with Crippen molar-refractivity contribution in [2.75, 3.05) is 17.7 Å². The molecule has 2 aromatic heterocycles. The van der Waals surface area contributed by atoms with Crippen LogP contribution in [-0.2, 0) is 29.4 Å². The van der Waals surface area contributed by atoms with Crippen molar-refractivity contribution in [3.05, 3.63) is 40.3 Å². The molecule has 10 heteroatoms. The Morgan fingerprint density at radius 1 is 1.20 bits per heavy atom. The van der Waals surface area contributed by atoms with Gasteiger partial charge in [-0.15, -0.1) is 21.5 Å². The lowest BCUT2D eigenvalue weighted by molar-refractivity contribution is -0.113. The van der Waals surface area contributed by atoms with E-state index in [2.05, 4.69) is 15.5 Å². The minimum Gasteiger partial charge on any atom is -0.493 e. The standard InChI is InChI=1S/C25H30N4O4S2/c1-5-32-18-12-8-6-10-16(18)22-27-28-25(29(22)4)34-14-20(30)26-23-21(24(31)33-15(2)3)17-11-7-9-13-19(17)35-23/h6,8,10,12,15H,5,7,9,11,13-14H2,1-4H3,(H,26,30). The van der Waals surface area contributed by atoms with E-state index in [1.165, 1.54) is 28.0 Å². The number of aromatic nitrogens is 3. The molecule has 1 aliphatic rings. The third-order valence-electron chi connectivity index (χ3n) is 5.57. The number of esters is 1. The zero-order valence-corrected chi connectivity index (χ0v) is 22.1. The minimum atomic E-state index is -0.367. The number of fused-ring (bicyclic) bond motifs is 1. The van der Waals surface area contributed by atoms with Gasteiger partial charge >= 0.3 is 5.97 Å². The number of amides is 1. The van der Waals surface area contributed by atoms with E-state index < -0.39 is 0 Å². The number of hydrogen-bond acceptors (Lipinski definition) is 8. The molecule has 0 fully saturated rings. The molecule has 1 aromatic carbocycles. The number of nitrogens with zero attached hydrogens (tertiary/aromatic N) is 3. The molecule has 186 valence electrons. The number of thiophene rings is 1. The maximum absolute atomic E-state index is 12.9. The summed E-state index contributed by atoms with van der Waals surface area (Å²) in [6.45, 7) is 6.14. The number of nitrogens with one attached hydrogen (secondary N) is 1. The summed E-state index contributed by atoms with van der Waals surface area (Å²) in [7, 11) is 1.87. The predicted octanol–water partition coefficient (Wildman–Crippen LogP) is 5.12. The van der Waals surface area contributed by atoms with E-state index in [-0.39, 0.29) is 23.7 Å². The van der Waals surface area contributed by atoms with E-state index in [0.29, 0.717) is 28.2 Å². The molecule has 1 amide bonds. The summed E-state index contributed by atoms with van der Waals surface area (Å²) in [6.07, 6.45) is 3.67. The molecular formula is C25H30N4O4S2. The average molecular weight is 515 g/mol. The molecule has 0 spiro atoms. The van der Waals surface area contributed by atoms with Gasteiger partial charge in [-0.1, -0.05) is 23.9 Å². The number of aryl methyl sites for hydroxylation is 1. The van der Waals surface area contributed by atoms with Crippen molar-refractivity contribution in [3.63, 3.8) is 0 Å². The van der Waals surface area contributed by atoms with Gasteiger partial charge in [0.05, 0.1) is 29.6 Å². The van der Waals surface area contributed by atoms with Crippen LogP contribution in [0, 0.1) is 0 Å². The summed E-state index contributed by atoms with van der Waals surface area (Å²) in [5.74, 6) is 0.976. The minimum absolute atomic E-state index is 0.139.